The molecule has 1 heterocycles. The van der Waals surface area contributed by atoms with Gasteiger partial charge in [-0.15, -0.1) is 0 Å². The third kappa shape index (κ3) is 2.80. The summed E-state index contributed by atoms with van der Waals surface area (Å²) in [4.78, 5) is 4.16. The normalized spacial score (nSPS) is 10.3. The van der Waals surface area contributed by atoms with Gasteiger partial charge in [0, 0.05) is 5.38 Å². The highest BCUT2D eigenvalue weighted by molar-refractivity contribution is 9.10. The minimum absolute atomic E-state index is 0.631. The molecule has 0 aliphatic carbocycles. The molecule has 0 atom stereocenters. The van der Waals surface area contributed by atoms with Gasteiger partial charge in [0.2, 0.25) is 0 Å². The van der Waals surface area contributed by atoms with Gasteiger partial charge >= 0.3 is 0 Å². The van der Waals surface area contributed by atoms with Gasteiger partial charge in [0.1, 0.15) is 10.4 Å². The van der Waals surface area contributed by atoms with Gasteiger partial charge in [0.15, 0.2) is 0 Å². The highest BCUT2D eigenvalue weighted by Crippen LogP contribution is 2.32. The van der Waals surface area contributed by atoms with Gasteiger partial charge in [-0.25, -0.2) is 0 Å². The molecule has 0 saturated heterocycles. The number of thiazole rings is 1. The van der Waals surface area contributed by atoms with Crippen molar-refractivity contribution in [3.63, 3.8) is 0 Å². The number of ether oxygens (including phenoxy) is 1. The smallest absolute Gasteiger partial charge is 0.279 e. The maximum Gasteiger partial charge on any atom is 0.279 e. The summed E-state index contributed by atoms with van der Waals surface area (Å²) < 4.78 is 7.35. The van der Waals surface area contributed by atoms with Crippen LogP contribution in [0.1, 0.15) is 5.56 Å². The van der Waals surface area contributed by atoms with Crippen molar-refractivity contribution in [3.05, 3.63) is 38.2 Å². The van der Waals surface area contributed by atoms with Crippen LogP contribution in [-0.4, -0.2) is 4.98 Å². The number of aryl methyl sites for hydroxylation is 1. The van der Waals surface area contributed by atoms with Crippen LogP contribution in [0.25, 0.3) is 0 Å². The van der Waals surface area contributed by atoms with E-state index in [1.165, 1.54) is 16.9 Å². The van der Waals surface area contributed by atoms with Crippen molar-refractivity contribution in [2.45, 2.75) is 6.92 Å². The SMILES string of the molecule is Cc1ccc(Oc2nc(Br)cs2)c(Br)c1. The Hall–Kier alpha value is -0.390. The maximum atomic E-state index is 5.62. The molecule has 1 aromatic heterocycles. The van der Waals surface area contributed by atoms with E-state index in [0.717, 1.165) is 14.8 Å². The fourth-order valence-corrected chi connectivity index (χ4v) is 2.74. The topological polar surface area (TPSA) is 22.1 Å². The molecule has 2 rings (SSSR count). The average Bonchev–Trinajstić information content (AvgIpc) is 2.56. The Kier molecular flexibility index (Phi) is 3.43. The fourth-order valence-electron chi connectivity index (χ4n) is 1.07. The van der Waals surface area contributed by atoms with Gasteiger partial charge in [0.25, 0.3) is 5.19 Å². The van der Waals surface area contributed by atoms with Crippen LogP contribution in [0, 0.1) is 6.92 Å². The molecule has 2 aromatic rings. The van der Waals surface area contributed by atoms with Crippen LogP contribution in [0.4, 0.5) is 0 Å². The predicted octanol–water partition coefficient (Wildman–Crippen LogP) is 4.77. The molecule has 5 heteroatoms. The van der Waals surface area contributed by atoms with Gasteiger partial charge in [0.05, 0.1) is 4.47 Å². The van der Waals surface area contributed by atoms with Crippen molar-refractivity contribution in [2.24, 2.45) is 0 Å². The van der Waals surface area contributed by atoms with Gasteiger partial charge in [-0.2, -0.15) is 4.98 Å². The van der Waals surface area contributed by atoms with Crippen LogP contribution in [0.2, 0.25) is 0 Å². The number of hydrogen-bond acceptors (Lipinski definition) is 3. The molecule has 15 heavy (non-hydrogen) atoms. The molecular formula is C10H7Br2NOS. The lowest BCUT2D eigenvalue weighted by molar-refractivity contribution is 0.475. The molecule has 0 unspecified atom stereocenters. The lowest BCUT2D eigenvalue weighted by atomic mass is 10.2. The van der Waals surface area contributed by atoms with Crippen LogP contribution >= 0.6 is 43.2 Å². The first kappa shape index (κ1) is 11.1. The third-order valence-corrected chi connectivity index (χ3v) is 3.79. The molecule has 0 bridgehead atoms. The second-order valence-electron chi connectivity index (χ2n) is 2.97. The summed E-state index contributed by atoms with van der Waals surface area (Å²) in [5.74, 6) is 0.780. The first-order valence-electron chi connectivity index (χ1n) is 4.20. The molecule has 0 spiro atoms. The summed E-state index contributed by atoms with van der Waals surface area (Å²) in [5.41, 5.74) is 1.19. The second kappa shape index (κ2) is 4.63. The van der Waals surface area contributed by atoms with Crippen molar-refractivity contribution >= 4 is 43.2 Å². The van der Waals surface area contributed by atoms with Crippen molar-refractivity contribution in [1.29, 1.82) is 0 Å². The molecule has 0 fully saturated rings. The Bertz CT molecular complexity index is 484. The Morgan fingerprint density at radius 2 is 2.13 bits per heavy atom. The monoisotopic (exact) mass is 347 g/mol. The molecule has 0 aliphatic heterocycles. The quantitative estimate of drug-likeness (QED) is 0.779. The molecule has 0 saturated carbocycles. The summed E-state index contributed by atoms with van der Waals surface area (Å²) in [6.45, 7) is 2.04. The second-order valence-corrected chi connectivity index (χ2v) is 5.46. The first-order chi connectivity index (χ1) is 7.15. The van der Waals surface area contributed by atoms with Crippen molar-refractivity contribution in [1.82, 2.24) is 4.98 Å². The minimum atomic E-state index is 0.631. The standard InChI is InChI=1S/C10H7Br2NOS/c1-6-2-3-8(7(11)4-6)14-10-13-9(12)5-15-10/h2-5H,1H3. The molecule has 1 aromatic carbocycles. The fraction of sp³-hybridized carbons (Fsp3) is 0.100. The van der Waals surface area contributed by atoms with Crippen molar-refractivity contribution in [3.8, 4) is 10.9 Å². The van der Waals surface area contributed by atoms with E-state index in [4.69, 9.17) is 4.74 Å². The zero-order valence-corrected chi connectivity index (χ0v) is 11.8. The van der Waals surface area contributed by atoms with E-state index in [1.54, 1.807) is 0 Å². The summed E-state index contributed by atoms with van der Waals surface area (Å²) in [7, 11) is 0. The highest BCUT2D eigenvalue weighted by Gasteiger charge is 2.05. The van der Waals surface area contributed by atoms with Gasteiger partial charge in [-0.3, -0.25) is 0 Å². The van der Waals surface area contributed by atoms with Crippen LogP contribution in [0.15, 0.2) is 32.7 Å². The molecule has 0 radical (unpaired) electrons. The lowest BCUT2D eigenvalue weighted by Gasteiger charge is -2.04. The zero-order chi connectivity index (χ0) is 10.8. The van der Waals surface area contributed by atoms with Gasteiger partial charge in [-0.05, 0) is 56.5 Å². The number of hydrogen-bond donors (Lipinski definition) is 0. The minimum Gasteiger partial charge on any atom is -0.430 e. The summed E-state index contributed by atoms with van der Waals surface area (Å²) in [5, 5.41) is 2.52. The maximum absolute atomic E-state index is 5.62. The van der Waals surface area contributed by atoms with Crippen LogP contribution < -0.4 is 4.74 Å². The molecule has 0 aliphatic rings. The number of halogens is 2. The van der Waals surface area contributed by atoms with E-state index in [1.807, 2.05) is 30.5 Å². The number of aromatic nitrogens is 1. The number of nitrogens with zero attached hydrogens (tertiary/aromatic N) is 1. The Morgan fingerprint density at radius 3 is 2.73 bits per heavy atom. The van der Waals surface area contributed by atoms with E-state index in [-0.39, 0.29) is 0 Å². The van der Waals surface area contributed by atoms with Gasteiger partial charge < -0.3 is 4.74 Å². The van der Waals surface area contributed by atoms with Crippen LogP contribution in [0.3, 0.4) is 0 Å². The van der Waals surface area contributed by atoms with E-state index in [2.05, 4.69) is 36.8 Å². The third-order valence-electron chi connectivity index (χ3n) is 1.74. The Labute approximate surface area is 109 Å². The van der Waals surface area contributed by atoms with Gasteiger partial charge in [-0.1, -0.05) is 17.4 Å². The number of benzene rings is 1. The molecule has 78 valence electrons. The summed E-state index contributed by atoms with van der Waals surface area (Å²) >= 11 is 8.19. The summed E-state index contributed by atoms with van der Waals surface area (Å²) in [6, 6.07) is 5.94. The highest BCUT2D eigenvalue weighted by atomic mass is 79.9. The largest absolute Gasteiger partial charge is 0.430 e. The lowest BCUT2D eigenvalue weighted by Crippen LogP contribution is -1.85. The Morgan fingerprint density at radius 1 is 1.33 bits per heavy atom. The molecule has 0 N–H and O–H groups in total. The molecule has 2 nitrogen and oxygen atoms in total. The number of rotatable bonds is 2. The van der Waals surface area contributed by atoms with E-state index in [9.17, 15) is 0 Å². The van der Waals surface area contributed by atoms with E-state index in [0.29, 0.717) is 5.19 Å². The average molecular weight is 349 g/mol. The van der Waals surface area contributed by atoms with Crippen molar-refractivity contribution < 1.29 is 4.74 Å². The van der Waals surface area contributed by atoms with Crippen LogP contribution in [-0.2, 0) is 0 Å². The van der Waals surface area contributed by atoms with E-state index >= 15 is 0 Å². The van der Waals surface area contributed by atoms with Crippen molar-refractivity contribution in [2.75, 3.05) is 0 Å². The van der Waals surface area contributed by atoms with Crippen LogP contribution in [0.5, 0.6) is 10.9 Å². The van der Waals surface area contributed by atoms with E-state index < -0.39 is 0 Å². The predicted molar refractivity (Wildman–Crippen MR) is 68.8 cm³/mol. The first-order valence-corrected chi connectivity index (χ1v) is 6.67. The molecular weight excluding hydrogens is 342 g/mol. The summed E-state index contributed by atoms with van der Waals surface area (Å²) in [6.07, 6.45) is 0. The zero-order valence-electron chi connectivity index (χ0n) is 7.83. The Balaban J connectivity index is 2.24. The molecule has 0 amide bonds.